The third-order valence-corrected chi connectivity index (χ3v) is 5.06. The van der Waals surface area contributed by atoms with Crippen molar-refractivity contribution in [2.24, 2.45) is 5.92 Å². The molecule has 0 spiro atoms. The lowest BCUT2D eigenvalue weighted by atomic mass is 9.94. The number of urea groups is 1. The van der Waals surface area contributed by atoms with Crippen LogP contribution in [0.1, 0.15) is 51.6 Å². The first kappa shape index (κ1) is 18.3. The van der Waals surface area contributed by atoms with E-state index < -0.39 is 6.04 Å². The highest BCUT2D eigenvalue weighted by atomic mass is 16.5. The van der Waals surface area contributed by atoms with Gasteiger partial charge in [0.15, 0.2) is 0 Å². The molecule has 1 aromatic rings. The minimum Gasteiger partial charge on any atom is -0.494 e. The summed E-state index contributed by atoms with van der Waals surface area (Å²) in [5.41, 5.74) is 1.69. The zero-order valence-corrected chi connectivity index (χ0v) is 15.5. The van der Waals surface area contributed by atoms with Crippen molar-refractivity contribution < 1.29 is 19.1 Å². The Balaban J connectivity index is 1.93. The maximum absolute atomic E-state index is 13.0. The highest BCUT2D eigenvalue weighted by Gasteiger charge is 2.36. The van der Waals surface area contributed by atoms with Crippen molar-refractivity contribution in [2.75, 3.05) is 6.61 Å². The van der Waals surface area contributed by atoms with Crippen molar-refractivity contribution in [3.63, 3.8) is 0 Å². The number of hydrogen-bond donors (Lipinski definition) is 2. The molecule has 0 aromatic heterocycles. The fraction of sp³-hybridized carbons (Fsp3) is 0.500. The molecule has 2 aliphatic rings. The molecule has 2 N–H and O–H groups in total. The number of rotatable bonds is 5. The molecule has 1 aromatic carbocycles. The van der Waals surface area contributed by atoms with E-state index >= 15 is 0 Å². The molecular weight excluding hydrogens is 332 g/mol. The van der Waals surface area contributed by atoms with Crippen LogP contribution in [0.25, 0.3) is 0 Å². The van der Waals surface area contributed by atoms with Gasteiger partial charge in [-0.1, -0.05) is 25.1 Å². The third kappa shape index (κ3) is 3.69. The van der Waals surface area contributed by atoms with Crippen LogP contribution in [-0.4, -0.2) is 24.7 Å². The van der Waals surface area contributed by atoms with E-state index in [1.165, 1.54) is 0 Å². The van der Waals surface area contributed by atoms with Gasteiger partial charge in [0.2, 0.25) is 0 Å². The molecule has 0 unspecified atom stereocenters. The number of allylic oxidation sites excluding steroid dienone is 1. The lowest BCUT2D eigenvalue weighted by Gasteiger charge is -2.30. The summed E-state index contributed by atoms with van der Waals surface area (Å²) < 4.78 is 11.5. The Morgan fingerprint density at radius 1 is 1.27 bits per heavy atom. The number of esters is 1. The minimum atomic E-state index is -0.601. The minimum absolute atomic E-state index is 0.0665. The predicted molar refractivity (Wildman–Crippen MR) is 97.6 cm³/mol. The van der Waals surface area contributed by atoms with Crippen LogP contribution in [0.3, 0.4) is 0 Å². The first-order valence-corrected chi connectivity index (χ1v) is 9.22. The van der Waals surface area contributed by atoms with E-state index in [-0.39, 0.29) is 18.1 Å². The zero-order chi connectivity index (χ0) is 18.7. The molecule has 1 aliphatic carbocycles. The van der Waals surface area contributed by atoms with Gasteiger partial charge in [-0.15, -0.1) is 0 Å². The Morgan fingerprint density at radius 2 is 2.04 bits per heavy atom. The lowest BCUT2D eigenvalue weighted by molar-refractivity contribution is -0.146. The van der Waals surface area contributed by atoms with Crippen LogP contribution in [0.5, 0.6) is 5.75 Å². The van der Waals surface area contributed by atoms with E-state index in [2.05, 4.69) is 17.6 Å². The van der Waals surface area contributed by atoms with E-state index in [1.807, 2.05) is 31.2 Å². The fourth-order valence-corrected chi connectivity index (χ4v) is 3.69. The largest absolute Gasteiger partial charge is 0.494 e. The van der Waals surface area contributed by atoms with Gasteiger partial charge in [-0.25, -0.2) is 9.59 Å². The molecule has 0 bridgehead atoms. The molecule has 1 heterocycles. The van der Waals surface area contributed by atoms with Gasteiger partial charge >= 0.3 is 12.0 Å². The summed E-state index contributed by atoms with van der Waals surface area (Å²) in [6.45, 7) is 6.23. The Labute approximate surface area is 153 Å². The number of hydrogen-bond acceptors (Lipinski definition) is 4. The fourth-order valence-electron chi connectivity index (χ4n) is 3.69. The van der Waals surface area contributed by atoms with E-state index in [1.54, 1.807) is 6.92 Å². The molecular formula is C20H26N2O4. The molecule has 1 saturated carbocycles. The third-order valence-electron chi connectivity index (χ3n) is 5.06. The monoisotopic (exact) mass is 358 g/mol. The van der Waals surface area contributed by atoms with Crippen molar-refractivity contribution in [3.8, 4) is 5.75 Å². The van der Waals surface area contributed by atoms with E-state index in [0.717, 1.165) is 24.8 Å². The molecule has 6 heteroatoms. The standard InChI is InChI=1S/C20H26N2O4/c1-4-25-16-10-6-5-9-14(16)18-17(13(3)21-20(24)22-18)19(23)26-15-11-7-8-12(15)2/h5-6,9-10,12,15,18H,4,7-8,11H2,1-3H3,(H2,21,22,24)/t12-,15-,18+/m0/s1. The first-order valence-electron chi connectivity index (χ1n) is 9.22. The van der Waals surface area contributed by atoms with Crippen LogP contribution >= 0.6 is 0 Å². The summed E-state index contributed by atoms with van der Waals surface area (Å²) in [4.78, 5) is 25.0. The summed E-state index contributed by atoms with van der Waals surface area (Å²) in [6, 6.07) is 6.49. The highest BCUT2D eigenvalue weighted by Crippen LogP contribution is 2.35. The maximum Gasteiger partial charge on any atom is 0.338 e. The van der Waals surface area contributed by atoms with Gasteiger partial charge in [0, 0.05) is 11.3 Å². The summed E-state index contributed by atoms with van der Waals surface area (Å²) in [5.74, 6) is 0.625. The number of benzene rings is 1. The molecule has 0 saturated heterocycles. The number of ether oxygens (including phenoxy) is 2. The summed E-state index contributed by atoms with van der Waals surface area (Å²) in [6.07, 6.45) is 2.96. The Hall–Kier alpha value is -2.50. The highest BCUT2D eigenvalue weighted by molar-refractivity contribution is 5.95. The van der Waals surface area contributed by atoms with Gasteiger partial charge in [-0.2, -0.15) is 0 Å². The normalized spacial score (nSPS) is 25.5. The van der Waals surface area contributed by atoms with Crippen molar-refractivity contribution in [3.05, 3.63) is 41.1 Å². The van der Waals surface area contributed by atoms with E-state index in [9.17, 15) is 9.59 Å². The van der Waals surface area contributed by atoms with Crippen molar-refractivity contribution >= 4 is 12.0 Å². The second-order valence-corrected chi connectivity index (χ2v) is 6.89. The molecule has 3 rings (SSSR count). The van der Waals surface area contributed by atoms with Crippen molar-refractivity contribution in [2.45, 2.75) is 52.2 Å². The van der Waals surface area contributed by atoms with Crippen LogP contribution in [0, 0.1) is 5.92 Å². The first-order chi connectivity index (χ1) is 12.5. The molecule has 1 aliphatic heterocycles. The van der Waals surface area contributed by atoms with E-state index in [4.69, 9.17) is 9.47 Å². The summed E-state index contributed by atoms with van der Waals surface area (Å²) >= 11 is 0. The van der Waals surface area contributed by atoms with E-state index in [0.29, 0.717) is 29.5 Å². The number of carbonyl (C=O) groups is 2. The van der Waals surface area contributed by atoms with Crippen LogP contribution in [0.15, 0.2) is 35.5 Å². The molecule has 0 radical (unpaired) electrons. The number of carbonyl (C=O) groups excluding carboxylic acids is 2. The average molecular weight is 358 g/mol. The quantitative estimate of drug-likeness (QED) is 0.791. The molecule has 6 nitrogen and oxygen atoms in total. The molecule has 2 amide bonds. The van der Waals surface area contributed by atoms with Gasteiger partial charge < -0.3 is 20.1 Å². The zero-order valence-electron chi connectivity index (χ0n) is 15.5. The van der Waals surface area contributed by atoms with Crippen LogP contribution < -0.4 is 15.4 Å². The van der Waals surface area contributed by atoms with Gasteiger partial charge in [0.1, 0.15) is 11.9 Å². The van der Waals surface area contributed by atoms with Crippen molar-refractivity contribution in [1.29, 1.82) is 0 Å². The van der Waals surface area contributed by atoms with Crippen LogP contribution in [0.4, 0.5) is 4.79 Å². The molecule has 140 valence electrons. The smallest absolute Gasteiger partial charge is 0.338 e. The maximum atomic E-state index is 13.0. The Bertz CT molecular complexity index is 728. The van der Waals surface area contributed by atoms with Gasteiger partial charge in [0.05, 0.1) is 18.2 Å². The summed E-state index contributed by atoms with van der Waals surface area (Å²) in [5, 5.41) is 5.53. The molecule has 26 heavy (non-hydrogen) atoms. The number of para-hydroxylation sites is 1. The molecule has 1 fully saturated rings. The van der Waals surface area contributed by atoms with Crippen LogP contribution in [-0.2, 0) is 9.53 Å². The number of amides is 2. The van der Waals surface area contributed by atoms with Gasteiger partial charge in [-0.3, -0.25) is 0 Å². The SMILES string of the molecule is CCOc1ccccc1[C@H]1NC(=O)NC(C)=C1C(=O)O[C@H]1CCC[C@@H]1C. The lowest BCUT2D eigenvalue weighted by Crippen LogP contribution is -2.45. The van der Waals surface area contributed by atoms with Gasteiger partial charge in [-0.05, 0) is 45.1 Å². The number of nitrogens with one attached hydrogen (secondary N) is 2. The Morgan fingerprint density at radius 3 is 2.73 bits per heavy atom. The summed E-state index contributed by atoms with van der Waals surface area (Å²) in [7, 11) is 0. The predicted octanol–water partition coefficient (Wildman–Crippen LogP) is 3.45. The van der Waals surface area contributed by atoms with Crippen LogP contribution in [0.2, 0.25) is 0 Å². The topological polar surface area (TPSA) is 76.7 Å². The second-order valence-electron chi connectivity index (χ2n) is 6.89. The molecule has 3 atom stereocenters. The van der Waals surface area contributed by atoms with Gasteiger partial charge in [0.25, 0.3) is 0 Å². The van der Waals surface area contributed by atoms with Crippen molar-refractivity contribution in [1.82, 2.24) is 10.6 Å². The Kier molecular flexibility index (Phi) is 5.49. The average Bonchev–Trinajstić information content (AvgIpc) is 2.99. The second kappa shape index (κ2) is 7.81.